The van der Waals surface area contributed by atoms with E-state index in [4.69, 9.17) is 0 Å². The molecule has 0 N–H and O–H groups in total. The third-order valence-corrected chi connectivity index (χ3v) is 5.10. The van der Waals surface area contributed by atoms with Crippen molar-refractivity contribution in [1.82, 2.24) is 15.0 Å². The molecule has 2 aliphatic heterocycles. The summed E-state index contributed by atoms with van der Waals surface area (Å²) in [5.41, 5.74) is 2.03. The van der Waals surface area contributed by atoms with E-state index in [0.717, 1.165) is 49.7 Å². The van der Waals surface area contributed by atoms with Gasteiger partial charge in [-0.1, -0.05) is 6.92 Å². The van der Waals surface area contributed by atoms with Crippen molar-refractivity contribution >= 4 is 17.5 Å². The molecule has 4 rings (SSSR count). The summed E-state index contributed by atoms with van der Waals surface area (Å²) in [6.45, 7) is 4.59. The zero-order valence-corrected chi connectivity index (χ0v) is 13.9. The number of nitrogens with zero attached hydrogens (tertiary/aromatic N) is 5. The first-order valence-electron chi connectivity index (χ1n) is 8.45. The van der Waals surface area contributed by atoms with Gasteiger partial charge in [0.15, 0.2) is 0 Å². The number of anilines is 2. The van der Waals surface area contributed by atoms with Crippen LogP contribution in [0, 0.1) is 5.41 Å². The molecule has 2 aromatic rings. The Morgan fingerprint density at radius 3 is 2.75 bits per heavy atom. The summed E-state index contributed by atoms with van der Waals surface area (Å²) in [5, 5.41) is 0. The van der Waals surface area contributed by atoms with Crippen LogP contribution in [0.3, 0.4) is 0 Å². The van der Waals surface area contributed by atoms with Crippen LogP contribution in [-0.2, 0) is 11.2 Å². The third kappa shape index (κ3) is 2.62. The van der Waals surface area contributed by atoms with Crippen molar-refractivity contribution in [3.8, 4) is 0 Å². The molecule has 1 spiro atoms. The molecule has 0 aromatic carbocycles. The second-order valence-electron chi connectivity index (χ2n) is 6.78. The number of carbonyl (C=O) groups is 1. The number of rotatable bonds is 3. The van der Waals surface area contributed by atoms with Crippen molar-refractivity contribution in [3.05, 3.63) is 42.5 Å². The first kappa shape index (κ1) is 15.1. The average molecular weight is 323 g/mol. The Kier molecular flexibility index (Phi) is 3.67. The summed E-state index contributed by atoms with van der Waals surface area (Å²) in [5.74, 6) is 0.962. The minimum atomic E-state index is -0.000285. The van der Waals surface area contributed by atoms with Gasteiger partial charge in [0, 0.05) is 50.1 Å². The molecular formula is C18H21N5O. The smallest absolute Gasteiger partial charge is 0.227 e. The van der Waals surface area contributed by atoms with Gasteiger partial charge in [0.05, 0.1) is 11.9 Å². The number of hydrogen-bond acceptors (Lipinski definition) is 5. The molecule has 2 fully saturated rings. The van der Waals surface area contributed by atoms with E-state index >= 15 is 0 Å². The minimum Gasteiger partial charge on any atom is -0.340 e. The normalized spacial score (nSPS) is 23.5. The van der Waals surface area contributed by atoms with Gasteiger partial charge in [-0.2, -0.15) is 0 Å². The van der Waals surface area contributed by atoms with Crippen molar-refractivity contribution in [3.63, 3.8) is 0 Å². The van der Waals surface area contributed by atoms with Gasteiger partial charge in [-0.05, 0) is 30.5 Å². The first-order valence-corrected chi connectivity index (χ1v) is 8.45. The Hall–Kier alpha value is -2.50. The quantitative estimate of drug-likeness (QED) is 0.865. The summed E-state index contributed by atoms with van der Waals surface area (Å²) < 4.78 is 0. The van der Waals surface area contributed by atoms with Crippen molar-refractivity contribution in [1.29, 1.82) is 0 Å². The monoisotopic (exact) mass is 323 g/mol. The Morgan fingerprint density at radius 2 is 2.04 bits per heavy atom. The van der Waals surface area contributed by atoms with E-state index in [1.54, 1.807) is 12.4 Å². The molecule has 4 heterocycles. The van der Waals surface area contributed by atoms with Gasteiger partial charge in [0.25, 0.3) is 0 Å². The van der Waals surface area contributed by atoms with Crippen LogP contribution in [0.2, 0.25) is 0 Å². The number of pyridine rings is 1. The molecule has 6 heteroatoms. The van der Waals surface area contributed by atoms with Crippen LogP contribution >= 0.6 is 0 Å². The standard InChI is InChI=1S/C18H21N5O/c1-2-14-9-20-17(21-10-14)22-7-5-18(12-22)8-16(24)23(13-18)15-4-3-6-19-11-15/h3-4,6,9-11H,2,5,7-8,12-13H2,1H3/t18-/m1/s1. The van der Waals surface area contributed by atoms with Crippen LogP contribution in [0.5, 0.6) is 0 Å². The Labute approximate surface area is 141 Å². The highest BCUT2D eigenvalue weighted by Crippen LogP contribution is 2.42. The van der Waals surface area contributed by atoms with Gasteiger partial charge in [-0.3, -0.25) is 9.78 Å². The number of aromatic nitrogens is 3. The highest BCUT2D eigenvalue weighted by atomic mass is 16.2. The second kappa shape index (κ2) is 5.85. The van der Waals surface area contributed by atoms with E-state index in [-0.39, 0.29) is 11.3 Å². The maximum atomic E-state index is 12.5. The third-order valence-electron chi connectivity index (χ3n) is 5.10. The molecule has 6 nitrogen and oxygen atoms in total. The maximum Gasteiger partial charge on any atom is 0.227 e. The van der Waals surface area contributed by atoms with E-state index < -0.39 is 0 Å². The van der Waals surface area contributed by atoms with E-state index in [1.165, 1.54) is 0 Å². The Bertz CT molecular complexity index is 733. The molecule has 0 unspecified atom stereocenters. The molecule has 0 bridgehead atoms. The van der Waals surface area contributed by atoms with Gasteiger partial charge in [0.2, 0.25) is 11.9 Å². The average Bonchev–Trinajstić information content (AvgIpc) is 3.19. The van der Waals surface area contributed by atoms with E-state index in [2.05, 4.69) is 26.8 Å². The minimum absolute atomic E-state index is 0.000285. The fourth-order valence-corrected chi connectivity index (χ4v) is 3.72. The summed E-state index contributed by atoms with van der Waals surface area (Å²) in [7, 11) is 0. The van der Waals surface area contributed by atoms with Gasteiger partial charge in [0.1, 0.15) is 0 Å². The van der Waals surface area contributed by atoms with Crippen molar-refractivity contribution < 1.29 is 4.79 Å². The molecular weight excluding hydrogens is 302 g/mol. The lowest BCUT2D eigenvalue weighted by atomic mass is 9.86. The van der Waals surface area contributed by atoms with E-state index in [0.29, 0.717) is 6.42 Å². The molecule has 0 saturated carbocycles. The van der Waals surface area contributed by atoms with Gasteiger partial charge in [-0.15, -0.1) is 0 Å². The topological polar surface area (TPSA) is 62.2 Å². The van der Waals surface area contributed by atoms with Gasteiger partial charge in [-0.25, -0.2) is 9.97 Å². The fraction of sp³-hybridized carbons (Fsp3) is 0.444. The number of hydrogen-bond donors (Lipinski definition) is 0. The number of aryl methyl sites for hydroxylation is 1. The highest BCUT2D eigenvalue weighted by molar-refractivity contribution is 5.96. The molecule has 124 valence electrons. The molecule has 2 saturated heterocycles. The molecule has 0 radical (unpaired) electrons. The zero-order chi connectivity index (χ0) is 16.6. The highest BCUT2D eigenvalue weighted by Gasteiger charge is 2.48. The molecule has 1 atom stereocenters. The molecule has 2 aliphatic rings. The summed E-state index contributed by atoms with van der Waals surface area (Å²) in [4.78, 5) is 29.7. The summed E-state index contributed by atoms with van der Waals surface area (Å²) in [6.07, 6.45) is 9.81. The lowest BCUT2D eigenvalue weighted by Gasteiger charge is -2.24. The number of carbonyl (C=O) groups excluding carboxylic acids is 1. The Balaban J connectivity index is 1.50. The van der Waals surface area contributed by atoms with E-state index in [1.807, 2.05) is 29.4 Å². The number of amides is 1. The van der Waals surface area contributed by atoms with Crippen LogP contribution < -0.4 is 9.80 Å². The zero-order valence-electron chi connectivity index (χ0n) is 13.9. The van der Waals surface area contributed by atoms with E-state index in [9.17, 15) is 4.79 Å². The lowest BCUT2D eigenvalue weighted by Crippen LogP contribution is -2.31. The fourth-order valence-electron chi connectivity index (χ4n) is 3.72. The van der Waals surface area contributed by atoms with Crippen LogP contribution in [-0.4, -0.2) is 40.5 Å². The lowest BCUT2D eigenvalue weighted by molar-refractivity contribution is -0.117. The predicted octanol–water partition coefficient (Wildman–Crippen LogP) is 2.07. The molecule has 2 aromatic heterocycles. The first-order chi connectivity index (χ1) is 11.7. The SMILES string of the molecule is CCc1cnc(N2CC[C@@]3(CC(=O)N(c4cccnc4)C3)C2)nc1. The van der Waals surface area contributed by atoms with Crippen molar-refractivity contribution in [2.24, 2.45) is 5.41 Å². The largest absolute Gasteiger partial charge is 0.340 e. The summed E-state index contributed by atoms with van der Waals surface area (Å²) in [6, 6.07) is 3.82. The van der Waals surface area contributed by atoms with Crippen molar-refractivity contribution in [2.75, 3.05) is 29.4 Å². The maximum absolute atomic E-state index is 12.5. The van der Waals surface area contributed by atoms with Gasteiger partial charge < -0.3 is 9.80 Å². The van der Waals surface area contributed by atoms with Crippen LogP contribution in [0.4, 0.5) is 11.6 Å². The van der Waals surface area contributed by atoms with Crippen LogP contribution in [0.25, 0.3) is 0 Å². The Morgan fingerprint density at radius 1 is 1.21 bits per heavy atom. The molecule has 0 aliphatic carbocycles. The predicted molar refractivity (Wildman–Crippen MR) is 91.9 cm³/mol. The molecule has 1 amide bonds. The van der Waals surface area contributed by atoms with Gasteiger partial charge >= 0.3 is 0 Å². The van der Waals surface area contributed by atoms with Crippen LogP contribution in [0.1, 0.15) is 25.3 Å². The van der Waals surface area contributed by atoms with Crippen LogP contribution in [0.15, 0.2) is 36.9 Å². The molecule has 24 heavy (non-hydrogen) atoms. The summed E-state index contributed by atoms with van der Waals surface area (Å²) >= 11 is 0. The second-order valence-corrected chi connectivity index (χ2v) is 6.78. The van der Waals surface area contributed by atoms with Crippen molar-refractivity contribution in [2.45, 2.75) is 26.2 Å².